The maximum atomic E-state index is 5.46. The number of hydrogen-bond acceptors (Lipinski definition) is 1. The second-order valence-corrected chi connectivity index (χ2v) is 2.95. The maximum Gasteiger partial charge on any atom is 0.0676 e. The highest BCUT2D eigenvalue weighted by atomic mass is 79.9. The van der Waals surface area contributed by atoms with Gasteiger partial charge in [-0.25, -0.2) is 0 Å². The molecule has 0 aromatic carbocycles. The molecular weight excluding hydrogens is 168 g/mol. The van der Waals surface area contributed by atoms with E-state index in [1.165, 1.54) is 12.8 Å². The van der Waals surface area contributed by atoms with Gasteiger partial charge in [-0.05, 0) is 19.8 Å². The van der Waals surface area contributed by atoms with E-state index in [2.05, 4.69) is 22.9 Å². The van der Waals surface area contributed by atoms with Gasteiger partial charge in [-0.2, -0.15) is 0 Å². The quantitative estimate of drug-likeness (QED) is 0.559. The van der Waals surface area contributed by atoms with Gasteiger partial charge >= 0.3 is 0 Å². The van der Waals surface area contributed by atoms with Crippen molar-refractivity contribution in [3.8, 4) is 0 Å². The van der Waals surface area contributed by atoms with Crippen LogP contribution in [0.4, 0.5) is 0 Å². The van der Waals surface area contributed by atoms with Crippen molar-refractivity contribution in [1.29, 1.82) is 0 Å². The van der Waals surface area contributed by atoms with Crippen LogP contribution in [0.3, 0.4) is 0 Å². The van der Waals surface area contributed by atoms with Crippen LogP contribution in [-0.2, 0) is 4.74 Å². The first-order valence-corrected chi connectivity index (χ1v) is 4.16. The summed E-state index contributed by atoms with van der Waals surface area (Å²) in [6.07, 6.45) is 3.45. The first-order chi connectivity index (χ1) is 3.83. The summed E-state index contributed by atoms with van der Waals surface area (Å²) in [6, 6.07) is 0. The molecule has 1 heterocycles. The molecule has 48 valence electrons. The van der Waals surface area contributed by atoms with Gasteiger partial charge in [0.05, 0.1) is 12.2 Å². The van der Waals surface area contributed by atoms with E-state index in [4.69, 9.17) is 4.74 Å². The van der Waals surface area contributed by atoms with Gasteiger partial charge in [0, 0.05) is 5.33 Å². The Labute approximate surface area is 58.5 Å². The Kier molecular flexibility index (Phi) is 2.32. The van der Waals surface area contributed by atoms with Crippen molar-refractivity contribution in [2.24, 2.45) is 0 Å². The summed E-state index contributed by atoms with van der Waals surface area (Å²) in [5, 5.41) is 0.997. The first kappa shape index (κ1) is 6.56. The van der Waals surface area contributed by atoms with Crippen molar-refractivity contribution in [2.45, 2.75) is 32.0 Å². The Bertz CT molecular complexity index is 74.9. The highest BCUT2D eigenvalue weighted by Gasteiger charge is 2.19. The second-order valence-electron chi connectivity index (χ2n) is 2.30. The summed E-state index contributed by atoms with van der Waals surface area (Å²) in [7, 11) is 0. The Hall–Kier alpha value is 0.440. The molecule has 0 saturated carbocycles. The zero-order valence-electron chi connectivity index (χ0n) is 5.06. The van der Waals surface area contributed by atoms with Gasteiger partial charge in [-0.1, -0.05) is 15.9 Å². The molecule has 1 rings (SSSR count). The maximum absolute atomic E-state index is 5.46. The van der Waals surface area contributed by atoms with Crippen molar-refractivity contribution in [1.82, 2.24) is 0 Å². The lowest BCUT2D eigenvalue weighted by Crippen LogP contribution is -2.08. The molecule has 0 aliphatic carbocycles. The predicted molar refractivity (Wildman–Crippen MR) is 37.4 cm³/mol. The smallest absolute Gasteiger partial charge is 0.0676 e. The minimum atomic E-state index is 0.491. The summed E-state index contributed by atoms with van der Waals surface area (Å²) in [6.45, 7) is 2.13. The van der Waals surface area contributed by atoms with E-state index in [-0.39, 0.29) is 0 Å². The second kappa shape index (κ2) is 2.83. The van der Waals surface area contributed by atoms with Gasteiger partial charge in [0.2, 0.25) is 0 Å². The van der Waals surface area contributed by atoms with E-state index in [1.54, 1.807) is 0 Å². The third-order valence-corrected chi connectivity index (χ3v) is 2.21. The van der Waals surface area contributed by atoms with Crippen LogP contribution in [0, 0.1) is 0 Å². The van der Waals surface area contributed by atoms with Crippen molar-refractivity contribution >= 4 is 15.9 Å². The minimum Gasteiger partial charge on any atom is -0.374 e. The molecule has 1 aliphatic rings. The molecule has 2 atom stereocenters. The third-order valence-electron chi connectivity index (χ3n) is 1.49. The zero-order chi connectivity index (χ0) is 5.98. The number of rotatable bonds is 1. The summed E-state index contributed by atoms with van der Waals surface area (Å²) in [5.74, 6) is 0. The van der Waals surface area contributed by atoms with E-state index in [9.17, 15) is 0 Å². The van der Waals surface area contributed by atoms with Crippen LogP contribution in [-0.4, -0.2) is 17.5 Å². The van der Waals surface area contributed by atoms with Crippen LogP contribution in [0.25, 0.3) is 0 Å². The van der Waals surface area contributed by atoms with Crippen molar-refractivity contribution in [3.63, 3.8) is 0 Å². The van der Waals surface area contributed by atoms with Crippen LogP contribution < -0.4 is 0 Å². The summed E-state index contributed by atoms with van der Waals surface area (Å²) < 4.78 is 5.46. The van der Waals surface area contributed by atoms with Gasteiger partial charge in [-0.3, -0.25) is 0 Å². The van der Waals surface area contributed by atoms with E-state index < -0.39 is 0 Å². The molecule has 1 aliphatic heterocycles. The molecule has 0 N–H and O–H groups in total. The average molecular weight is 179 g/mol. The fourth-order valence-corrected chi connectivity index (χ4v) is 1.48. The lowest BCUT2D eigenvalue weighted by atomic mass is 10.2. The molecule has 0 radical (unpaired) electrons. The first-order valence-electron chi connectivity index (χ1n) is 3.04. The summed E-state index contributed by atoms with van der Waals surface area (Å²) in [4.78, 5) is 0. The number of hydrogen-bond donors (Lipinski definition) is 0. The molecule has 0 aromatic rings. The van der Waals surface area contributed by atoms with Crippen LogP contribution in [0.2, 0.25) is 0 Å². The fourth-order valence-electron chi connectivity index (χ4n) is 0.999. The lowest BCUT2D eigenvalue weighted by molar-refractivity contribution is 0.0706. The third kappa shape index (κ3) is 1.46. The van der Waals surface area contributed by atoms with Crippen LogP contribution in [0.5, 0.6) is 0 Å². The van der Waals surface area contributed by atoms with Crippen molar-refractivity contribution in [3.05, 3.63) is 0 Å². The van der Waals surface area contributed by atoms with Gasteiger partial charge in [0.25, 0.3) is 0 Å². The highest BCUT2D eigenvalue weighted by Crippen LogP contribution is 2.19. The monoisotopic (exact) mass is 178 g/mol. The standard InChI is InChI=1S/C6H11BrO/c1-5-2-3-6(4-7)8-5/h5-6H,2-4H2,1H3/t5-,6-/m1/s1. The van der Waals surface area contributed by atoms with Crippen molar-refractivity contribution in [2.75, 3.05) is 5.33 Å². The molecule has 0 unspecified atom stereocenters. The normalized spacial score (nSPS) is 38.2. The van der Waals surface area contributed by atoms with E-state index in [0.717, 1.165) is 5.33 Å². The topological polar surface area (TPSA) is 9.23 Å². The Morgan fingerprint density at radius 1 is 1.62 bits per heavy atom. The van der Waals surface area contributed by atoms with E-state index in [0.29, 0.717) is 12.2 Å². The van der Waals surface area contributed by atoms with Gasteiger partial charge in [0.1, 0.15) is 0 Å². The summed E-state index contributed by atoms with van der Waals surface area (Å²) in [5.41, 5.74) is 0. The summed E-state index contributed by atoms with van der Waals surface area (Å²) >= 11 is 3.38. The SMILES string of the molecule is C[C@@H]1CC[C@H](CBr)O1. The molecule has 1 nitrogen and oxygen atoms in total. The number of halogens is 1. The Morgan fingerprint density at radius 3 is 2.62 bits per heavy atom. The van der Waals surface area contributed by atoms with Crippen molar-refractivity contribution < 1.29 is 4.74 Å². The minimum absolute atomic E-state index is 0.491. The molecular formula is C6H11BrO. The molecule has 0 aromatic heterocycles. The zero-order valence-corrected chi connectivity index (χ0v) is 6.65. The van der Waals surface area contributed by atoms with Gasteiger partial charge < -0.3 is 4.74 Å². The van der Waals surface area contributed by atoms with Gasteiger partial charge in [0.15, 0.2) is 0 Å². The van der Waals surface area contributed by atoms with E-state index in [1.807, 2.05) is 0 Å². The molecule has 1 fully saturated rings. The fraction of sp³-hybridized carbons (Fsp3) is 1.00. The molecule has 0 amide bonds. The Balaban J connectivity index is 2.22. The lowest BCUT2D eigenvalue weighted by Gasteiger charge is -2.04. The van der Waals surface area contributed by atoms with E-state index >= 15 is 0 Å². The predicted octanol–water partition coefficient (Wildman–Crippen LogP) is 1.95. The molecule has 0 spiro atoms. The van der Waals surface area contributed by atoms with Crippen LogP contribution in [0.1, 0.15) is 19.8 Å². The average Bonchev–Trinajstić information content (AvgIpc) is 2.14. The Morgan fingerprint density at radius 2 is 2.38 bits per heavy atom. The number of ether oxygens (including phenoxy) is 1. The molecule has 1 saturated heterocycles. The molecule has 0 bridgehead atoms. The van der Waals surface area contributed by atoms with Gasteiger partial charge in [-0.15, -0.1) is 0 Å². The number of alkyl halides is 1. The highest BCUT2D eigenvalue weighted by molar-refractivity contribution is 9.09. The molecule has 8 heavy (non-hydrogen) atoms. The van der Waals surface area contributed by atoms with Crippen LogP contribution >= 0.6 is 15.9 Å². The molecule has 2 heteroatoms. The largest absolute Gasteiger partial charge is 0.374 e. The van der Waals surface area contributed by atoms with Crippen LogP contribution in [0.15, 0.2) is 0 Å².